The lowest BCUT2D eigenvalue weighted by Gasteiger charge is -2.12. The highest BCUT2D eigenvalue weighted by molar-refractivity contribution is 5.84. The maximum Gasteiger partial charge on any atom is 0.180 e. The Labute approximate surface area is 137 Å². The summed E-state index contributed by atoms with van der Waals surface area (Å²) in [6.07, 6.45) is 0. The standard InChI is InChI=1S/C20H12F3N/c1-12-6-8-13(9-7-12)14-4-2-3-5-15(14)16-10-18(21)17(11-24)20(23)19(16)22/h2-10H,1H3. The molecule has 118 valence electrons. The predicted molar refractivity (Wildman–Crippen MR) is 86.6 cm³/mol. The summed E-state index contributed by atoms with van der Waals surface area (Å²) in [6.45, 7) is 1.95. The van der Waals surface area contributed by atoms with Crippen LogP contribution in [0.25, 0.3) is 22.3 Å². The van der Waals surface area contributed by atoms with Crippen LogP contribution in [0.3, 0.4) is 0 Å². The van der Waals surface area contributed by atoms with Gasteiger partial charge in [0, 0.05) is 5.56 Å². The van der Waals surface area contributed by atoms with Crippen LogP contribution in [-0.4, -0.2) is 0 Å². The van der Waals surface area contributed by atoms with E-state index in [9.17, 15) is 13.2 Å². The van der Waals surface area contributed by atoms with E-state index in [4.69, 9.17) is 5.26 Å². The first-order chi connectivity index (χ1) is 11.5. The highest BCUT2D eigenvalue weighted by atomic mass is 19.2. The summed E-state index contributed by atoms with van der Waals surface area (Å²) < 4.78 is 42.3. The molecule has 0 heterocycles. The van der Waals surface area contributed by atoms with E-state index in [1.54, 1.807) is 24.3 Å². The predicted octanol–water partition coefficient (Wildman–Crippen LogP) is 5.62. The Balaban J connectivity index is 2.26. The molecule has 0 amide bonds. The summed E-state index contributed by atoms with van der Waals surface area (Å²) in [5.41, 5.74) is 1.77. The van der Waals surface area contributed by atoms with E-state index >= 15 is 0 Å². The molecule has 0 radical (unpaired) electrons. The van der Waals surface area contributed by atoms with Gasteiger partial charge in [-0.3, -0.25) is 0 Å². The van der Waals surface area contributed by atoms with Crippen molar-refractivity contribution in [2.75, 3.05) is 0 Å². The number of nitrogens with zero attached hydrogens (tertiary/aromatic N) is 1. The van der Waals surface area contributed by atoms with E-state index in [1.165, 1.54) is 6.07 Å². The van der Waals surface area contributed by atoms with Crippen LogP contribution in [0.1, 0.15) is 11.1 Å². The van der Waals surface area contributed by atoms with Crippen molar-refractivity contribution in [1.29, 1.82) is 5.26 Å². The normalized spacial score (nSPS) is 10.5. The molecule has 0 aliphatic carbocycles. The summed E-state index contributed by atoms with van der Waals surface area (Å²) in [5.74, 6) is -3.77. The molecule has 4 heteroatoms. The minimum absolute atomic E-state index is 0.208. The fraction of sp³-hybridized carbons (Fsp3) is 0.0500. The molecule has 3 aromatic rings. The fourth-order valence-electron chi connectivity index (χ4n) is 2.60. The first-order valence-corrected chi connectivity index (χ1v) is 7.27. The maximum absolute atomic E-state index is 14.4. The summed E-state index contributed by atoms with van der Waals surface area (Å²) in [7, 11) is 0. The molecule has 0 bridgehead atoms. The van der Waals surface area contributed by atoms with E-state index in [2.05, 4.69) is 0 Å². The molecular weight excluding hydrogens is 311 g/mol. The molecule has 0 aliphatic heterocycles. The lowest BCUT2D eigenvalue weighted by molar-refractivity contribution is 0.494. The van der Waals surface area contributed by atoms with E-state index < -0.39 is 23.0 Å². The zero-order valence-electron chi connectivity index (χ0n) is 12.8. The molecular formula is C20H12F3N. The molecule has 24 heavy (non-hydrogen) atoms. The molecule has 1 nitrogen and oxygen atoms in total. The van der Waals surface area contributed by atoms with Crippen LogP contribution in [0.5, 0.6) is 0 Å². The molecule has 3 rings (SSSR count). The maximum atomic E-state index is 14.4. The average Bonchev–Trinajstić information content (AvgIpc) is 2.59. The minimum Gasteiger partial charge on any atom is -0.205 e. The third-order valence-corrected chi connectivity index (χ3v) is 3.85. The number of hydrogen-bond acceptors (Lipinski definition) is 1. The number of rotatable bonds is 2. The Morgan fingerprint density at radius 2 is 1.42 bits per heavy atom. The van der Waals surface area contributed by atoms with Gasteiger partial charge < -0.3 is 0 Å². The second-order valence-electron chi connectivity index (χ2n) is 5.43. The Kier molecular flexibility index (Phi) is 4.09. The molecule has 0 spiro atoms. The zero-order chi connectivity index (χ0) is 17.3. The fourth-order valence-corrected chi connectivity index (χ4v) is 2.60. The van der Waals surface area contributed by atoms with Gasteiger partial charge in [0.05, 0.1) is 0 Å². The van der Waals surface area contributed by atoms with E-state index in [-0.39, 0.29) is 5.56 Å². The SMILES string of the molecule is Cc1ccc(-c2ccccc2-c2cc(F)c(C#N)c(F)c2F)cc1. The van der Waals surface area contributed by atoms with Gasteiger partial charge in [-0.2, -0.15) is 5.26 Å². The summed E-state index contributed by atoms with van der Waals surface area (Å²) >= 11 is 0. The second kappa shape index (κ2) is 6.21. The second-order valence-corrected chi connectivity index (χ2v) is 5.43. The Hall–Kier alpha value is -3.06. The number of nitriles is 1. The van der Waals surface area contributed by atoms with Crippen LogP contribution in [0, 0.1) is 35.7 Å². The number of halogens is 3. The van der Waals surface area contributed by atoms with Crippen molar-refractivity contribution >= 4 is 0 Å². The molecule has 3 aromatic carbocycles. The first-order valence-electron chi connectivity index (χ1n) is 7.27. The van der Waals surface area contributed by atoms with Crippen molar-refractivity contribution in [3.8, 4) is 28.3 Å². The third kappa shape index (κ3) is 2.65. The molecule has 0 saturated heterocycles. The van der Waals surface area contributed by atoms with Crippen LogP contribution in [0.15, 0.2) is 54.6 Å². The molecule has 0 unspecified atom stereocenters. The lowest BCUT2D eigenvalue weighted by atomic mass is 9.93. The smallest absolute Gasteiger partial charge is 0.180 e. The lowest BCUT2D eigenvalue weighted by Crippen LogP contribution is -1.99. The Morgan fingerprint density at radius 3 is 2.04 bits per heavy atom. The van der Waals surface area contributed by atoms with E-state index in [0.29, 0.717) is 11.1 Å². The zero-order valence-corrected chi connectivity index (χ0v) is 12.8. The third-order valence-electron chi connectivity index (χ3n) is 3.85. The van der Waals surface area contributed by atoms with Crippen LogP contribution in [-0.2, 0) is 0 Å². The molecule has 0 aromatic heterocycles. The number of aryl methyl sites for hydroxylation is 1. The van der Waals surface area contributed by atoms with Crippen molar-refractivity contribution in [3.05, 3.63) is 83.2 Å². The van der Waals surface area contributed by atoms with Gasteiger partial charge in [-0.15, -0.1) is 0 Å². The van der Waals surface area contributed by atoms with Gasteiger partial charge in [-0.05, 0) is 29.7 Å². The first kappa shape index (κ1) is 15.8. The molecule has 0 saturated carbocycles. The van der Waals surface area contributed by atoms with Gasteiger partial charge in [-0.25, -0.2) is 13.2 Å². The molecule has 0 N–H and O–H groups in total. The largest absolute Gasteiger partial charge is 0.205 e. The summed E-state index contributed by atoms with van der Waals surface area (Å²) in [4.78, 5) is 0. The van der Waals surface area contributed by atoms with Crippen LogP contribution in [0.2, 0.25) is 0 Å². The van der Waals surface area contributed by atoms with E-state index in [1.807, 2.05) is 31.2 Å². The number of hydrogen-bond donors (Lipinski definition) is 0. The van der Waals surface area contributed by atoms with Gasteiger partial charge in [0.25, 0.3) is 0 Å². The molecule has 0 atom stereocenters. The van der Waals surface area contributed by atoms with Gasteiger partial charge >= 0.3 is 0 Å². The highest BCUT2D eigenvalue weighted by Crippen LogP contribution is 2.35. The van der Waals surface area contributed by atoms with Crippen molar-refractivity contribution < 1.29 is 13.2 Å². The van der Waals surface area contributed by atoms with Gasteiger partial charge in [0.1, 0.15) is 17.4 Å². The highest BCUT2D eigenvalue weighted by Gasteiger charge is 2.21. The number of benzene rings is 3. The Bertz CT molecular complexity index is 954. The molecule has 0 fully saturated rings. The van der Waals surface area contributed by atoms with E-state index in [0.717, 1.165) is 17.2 Å². The topological polar surface area (TPSA) is 23.8 Å². The van der Waals surface area contributed by atoms with Gasteiger partial charge in [0.2, 0.25) is 0 Å². The quantitative estimate of drug-likeness (QED) is 0.562. The van der Waals surface area contributed by atoms with Crippen molar-refractivity contribution in [1.82, 2.24) is 0 Å². The summed E-state index contributed by atoms with van der Waals surface area (Å²) in [6, 6.07) is 16.5. The Morgan fingerprint density at radius 1 is 0.792 bits per heavy atom. The average molecular weight is 323 g/mol. The summed E-state index contributed by atoms with van der Waals surface area (Å²) in [5, 5.41) is 8.75. The minimum atomic E-state index is -1.47. The van der Waals surface area contributed by atoms with Crippen molar-refractivity contribution in [2.24, 2.45) is 0 Å². The van der Waals surface area contributed by atoms with Crippen molar-refractivity contribution in [3.63, 3.8) is 0 Å². The van der Waals surface area contributed by atoms with Crippen LogP contribution >= 0.6 is 0 Å². The van der Waals surface area contributed by atoms with Crippen molar-refractivity contribution in [2.45, 2.75) is 6.92 Å². The van der Waals surface area contributed by atoms with Gasteiger partial charge in [-0.1, -0.05) is 54.1 Å². The van der Waals surface area contributed by atoms with Crippen LogP contribution < -0.4 is 0 Å². The van der Waals surface area contributed by atoms with Gasteiger partial charge in [0.15, 0.2) is 11.6 Å². The van der Waals surface area contributed by atoms with Crippen LogP contribution in [0.4, 0.5) is 13.2 Å². The monoisotopic (exact) mass is 323 g/mol. The molecule has 0 aliphatic rings.